The van der Waals surface area contributed by atoms with Crippen LogP contribution in [0.15, 0.2) is 59.0 Å². The van der Waals surface area contributed by atoms with Crippen molar-refractivity contribution < 1.29 is 9.53 Å². The first-order valence-electron chi connectivity index (χ1n) is 7.97. The van der Waals surface area contributed by atoms with E-state index < -0.39 is 0 Å². The maximum Gasteiger partial charge on any atom is 0.335 e. The van der Waals surface area contributed by atoms with E-state index in [1.807, 2.05) is 37.4 Å². The minimum Gasteiger partial charge on any atom is -0.459 e. The molecule has 1 fully saturated rings. The standard InChI is InChI=1S/C20H19ClO2S/c1-3-16-12-18(20(22)23-16)19(14-5-4-6-15(21)11-14)13-7-9-17(24-2)10-8-13/h4-11,16H,3,12H2,1-2H3. The molecule has 24 heavy (non-hydrogen) atoms. The molecular formula is C20H19ClO2S. The number of hydrogen-bond donors (Lipinski definition) is 0. The van der Waals surface area contributed by atoms with E-state index in [4.69, 9.17) is 16.3 Å². The first-order chi connectivity index (χ1) is 11.6. The highest BCUT2D eigenvalue weighted by Crippen LogP contribution is 2.35. The van der Waals surface area contributed by atoms with Gasteiger partial charge in [-0.2, -0.15) is 0 Å². The Morgan fingerprint density at radius 1 is 1.21 bits per heavy atom. The monoisotopic (exact) mass is 358 g/mol. The van der Waals surface area contributed by atoms with Crippen LogP contribution in [-0.2, 0) is 9.53 Å². The van der Waals surface area contributed by atoms with E-state index in [1.165, 1.54) is 4.90 Å². The summed E-state index contributed by atoms with van der Waals surface area (Å²) in [6, 6.07) is 15.9. The molecule has 0 amide bonds. The molecule has 1 saturated heterocycles. The fourth-order valence-corrected chi connectivity index (χ4v) is 3.52. The first-order valence-corrected chi connectivity index (χ1v) is 9.57. The Morgan fingerprint density at radius 3 is 2.54 bits per heavy atom. The number of halogens is 1. The first kappa shape index (κ1) is 17.1. The average molecular weight is 359 g/mol. The minimum atomic E-state index is -0.217. The van der Waals surface area contributed by atoms with Gasteiger partial charge in [-0.25, -0.2) is 4.79 Å². The molecule has 0 aromatic heterocycles. The molecule has 0 N–H and O–H groups in total. The maximum absolute atomic E-state index is 12.4. The normalized spacial score (nSPS) is 19.3. The second-order valence-corrected chi connectivity index (χ2v) is 7.05. The molecular weight excluding hydrogens is 340 g/mol. The number of carbonyl (C=O) groups is 1. The summed E-state index contributed by atoms with van der Waals surface area (Å²) in [6.45, 7) is 2.03. The summed E-state index contributed by atoms with van der Waals surface area (Å²) < 4.78 is 5.49. The van der Waals surface area contributed by atoms with Gasteiger partial charge >= 0.3 is 5.97 Å². The SMILES string of the molecule is CCC1CC(=C(c2ccc(SC)cc2)c2cccc(Cl)c2)C(=O)O1. The molecule has 0 bridgehead atoms. The van der Waals surface area contributed by atoms with E-state index in [2.05, 4.69) is 24.3 Å². The Bertz CT molecular complexity index is 780. The zero-order valence-electron chi connectivity index (χ0n) is 13.7. The number of carbonyl (C=O) groups excluding carboxylic acids is 1. The molecule has 4 heteroatoms. The summed E-state index contributed by atoms with van der Waals surface area (Å²) in [7, 11) is 0. The van der Waals surface area contributed by atoms with Gasteiger partial charge in [0.25, 0.3) is 0 Å². The largest absolute Gasteiger partial charge is 0.459 e. The van der Waals surface area contributed by atoms with Crippen LogP contribution in [0.4, 0.5) is 0 Å². The molecule has 1 unspecified atom stereocenters. The molecule has 1 aliphatic rings. The fourth-order valence-electron chi connectivity index (χ4n) is 2.92. The van der Waals surface area contributed by atoms with Crippen LogP contribution in [0.1, 0.15) is 30.9 Å². The van der Waals surface area contributed by atoms with Crippen molar-refractivity contribution in [2.45, 2.75) is 30.8 Å². The third-order valence-electron chi connectivity index (χ3n) is 4.20. The molecule has 0 spiro atoms. The van der Waals surface area contributed by atoms with E-state index >= 15 is 0 Å². The van der Waals surface area contributed by atoms with Gasteiger partial charge in [0.15, 0.2) is 0 Å². The van der Waals surface area contributed by atoms with E-state index in [1.54, 1.807) is 11.8 Å². The van der Waals surface area contributed by atoms with Crippen molar-refractivity contribution in [2.24, 2.45) is 0 Å². The Morgan fingerprint density at radius 2 is 1.96 bits per heavy atom. The van der Waals surface area contributed by atoms with Crippen molar-refractivity contribution in [2.75, 3.05) is 6.26 Å². The van der Waals surface area contributed by atoms with Crippen LogP contribution >= 0.6 is 23.4 Å². The van der Waals surface area contributed by atoms with Gasteiger partial charge in [-0.1, -0.05) is 42.8 Å². The van der Waals surface area contributed by atoms with Gasteiger partial charge in [0.1, 0.15) is 6.10 Å². The molecule has 124 valence electrons. The summed E-state index contributed by atoms with van der Waals surface area (Å²) >= 11 is 7.88. The zero-order chi connectivity index (χ0) is 17.1. The van der Waals surface area contributed by atoms with Crippen LogP contribution in [0.2, 0.25) is 5.02 Å². The summed E-state index contributed by atoms with van der Waals surface area (Å²) in [5, 5.41) is 0.657. The molecule has 1 heterocycles. The van der Waals surface area contributed by atoms with Crippen LogP contribution in [0, 0.1) is 0 Å². The molecule has 3 rings (SSSR count). The summed E-state index contributed by atoms with van der Waals surface area (Å²) in [6.07, 6.45) is 3.48. The Labute approximate surface area is 151 Å². The molecule has 2 aromatic carbocycles. The zero-order valence-corrected chi connectivity index (χ0v) is 15.3. The number of benzene rings is 2. The number of thioether (sulfide) groups is 1. The summed E-state index contributed by atoms with van der Waals surface area (Å²) in [4.78, 5) is 13.6. The third kappa shape index (κ3) is 3.52. The van der Waals surface area contributed by atoms with Gasteiger partial charge in [0, 0.05) is 21.9 Å². The van der Waals surface area contributed by atoms with Crippen molar-refractivity contribution in [3.8, 4) is 0 Å². The highest BCUT2D eigenvalue weighted by atomic mass is 35.5. The summed E-state index contributed by atoms with van der Waals surface area (Å²) in [5.74, 6) is -0.217. The third-order valence-corrected chi connectivity index (χ3v) is 5.18. The van der Waals surface area contributed by atoms with E-state index in [-0.39, 0.29) is 12.1 Å². The maximum atomic E-state index is 12.4. The van der Waals surface area contributed by atoms with Crippen LogP contribution in [0.5, 0.6) is 0 Å². The van der Waals surface area contributed by atoms with Gasteiger partial charge in [0.05, 0.1) is 0 Å². The van der Waals surface area contributed by atoms with Gasteiger partial charge in [-0.15, -0.1) is 11.8 Å². The van der Waals surface area contributed by atoms with Gasteiger partial charge < -0.3 is 4.74 Å². The lowest BCUT2D eigenvalue weighted by Crippen LogP contribution is -2.04. The van der Waals surface area contributed by atoms with Crippen LogP contribution in [0.25, 0.3) is 5.57 Å². The topological polar surface area (TPSA) is 26.3 Å². The van der Waals surface area contributed by atoms with Crippen molar-refractivity contribution in [3.05, 3.63) is 70.3 Å². The fraction of sp³-hybridized carbons (Fsp3) is 0.250. The van der Waals surface area contributed by atoms with Crippen molar-refractivity contribution in [3.63, 3.8) is 0 Å². The Hall–Kier alpha value is -1.71. The second-order valence-electron chi connectivity index (χ2n) is 5.73. The lowest BCUT2D eigenvalue weighted by Gasteiger charge is -2.12. The Kier molecular flexibility index (Phi) is 5.32. The van der Waals surface area contributed by atoms with Crippen LogP contribution < -0.4 is 0 Å². The predicted molar refractivity (Wildman–Crippen MR) is 100 cm³/mol. The van der Waals surface area contributed by atoms with Crippen LogP contribution in [-0.4, -0.2) is 18.3 Å². The van der Waals surface area contributed by atoms with Crippen molar-refractivity contribution in [1.82, 2.24) is 0 Å². The van der Waals surface area contributed by atoms with Crippen LogP contribution in [0.3, 0.4) is 0 Å². The molecule has 0 saturated carbocycles. The summed E-state index contributed by atoms with van der Waals surface area (Å²) in [5.41, 5.74) is 3.62. The number of esters is 1. The highest BCUT2D eigenvalue weighted by Gasteiger charge is 2.31. The van der Waals surface area contributed by atoms with Crippen molar-refractivity contribution >= 4 is 34.9 Å². The molecule has 1 atom stereocenters. The van der Waals surface area contributed by atoms with Gasteiger partial charge in [-0.05, 0) is 53.6 Å². The molecule has 0 radical (unpaired) electrons. The van der Waals surface area contributed by atoms with E-state index in [9.17, 15) is 4.79 Å². The van der Waals surface area contributed by atoms with Crippen molar-refractivity contribution in [1.29, 1.82) is 0 Å². The lowest BCUT2D eigenvalue weighted by molar-refractivity contribution is -0.138. The minimum absolute atomic E-state index is 0.0350. The molecule has 2 aromatic rings. The van der Waals surface area contributed by atoms with E-state index in [0.29, 0.717) is 11.4 Å². The number of cyclic esters (lactones) is 1. The van der Waals surface area contributed by atoms with Gasteiger partial charge in [-0.3, -0.25) is 0 Å². The molecule has 0 aliphatic carbocycles. The molecule has 1 aliphatic heterocycles. The number of rotatable bonds is 4. The highest BCUT2D eigenvalue weighted by molar-refractivity contribution is 7.98. The number of hydrogen-bond acceptors (Lipinski definition) is 3. The second kappa shape index (κ2) is 7.45. The van der Waals surface area contributed by atoms with E-state index in [0.717, 1.165) is 28.7 Å². The Balaban J connectivity index is 2.15. The molecule has 2 nitrogen and oxygen atoms in total. The number of ether oxygens (including phenoxy) is 1. The quantitative estimate of drug-likeness (QED) is 0.405. The lowest BCUT2D eigenvalue weighted by atomic mass is 9.91. The smallest absolute Gasteiger partial charge is 0.335 e. The average Bonchev–Trinajstić information content (AvgIpc) is 2.97. The van der Waals surface area contributed by atoms with Gasteiger partial charge in [0.2, 0.25) is 0 Å². The predicted octanol–water partition coefficient (Wildman–Crippen LogP) is 5.59.